The molecule has 1 saturated heterocycles. The number of carbonyl (C=O) groups is 2. The first-order valence-electron chi connectivity index (χ1n) is 9.77. The van der Waals surface area contributed by atoms with Crippen molar-refractivity contribution in [2.75, 3.05) is 16.8 Å². The summed E-state index contributed by atoms with van der Waals surface area (Å²) in [5.41, 5.74) is 0.988. The van der Waals surface area contributed by atoms with E-state index < -0.39 is 22.0 Å². The van der Waals surface area contributed by atoms with E-state index in [1.165, 1.54) is 18.2 Å². The summed E-state index contributed by atoms with van der Waals surface area (Å²) in [7, 11) is -3.96. The molecule has 2 N–H and O–H groups in total. The summed E-state index contributed by atoms with van der Waals surface area (Å²) in [5, 5.41) is 3.30. The summed E-state index contributed by atoms with van der Waals surface area (Å²) in [6.07, 6.45) is 1.26. The zero-order valence-electron chi connectivity index (χ0n) is 17.1. The molecule has 10 heteroatoms. The van der Waals surface area contributed by atoms with Gasteiger partial charge in [-0.05, 0) is 48.7 Å². The molecule has 7 nitrogen and oxygen atoms in total. The molecule has 0 spiro atoms. The number of anilines is 2. The third-order valence-electron chi connectivity index (χ3n) is 4.92. The zero-order chi connectivity index (χ0) is 22.8. The molecular formula is C21H23Cl2N3O4S. The van der Waals surface area contributed by atoms with E-state index in [-0.39, 0.29) is 21.7 Å². The Hall–Kier alpha value is -2.13. The summed E-state index contributed by atoms with van der Waals surface area (Å²) in [5.74, 6) is -0.846. The Morgan fingerprint density at radius 1 is 1.13 bits per heavy atom. The van der Waals surface area contributed by atoms with Crippen molar-refractivity contribution in [3.05, 3.63) is 52.5 Å². The van der Waals surface area contributed by atoms with Gasteiger partial charge in [-0.2, -0.15) is 4.72 Å². The molecule has 2 aromatic carbocycles. The molecule has 1 heterocycles. The van der Waals surface area contributed by atoms with E-state index in [0.29, 0.717) is 29.4 Å². The van der Waals surface area contributed by atoms with E-state index in [1.54, 1.807) is 43.0 Å². The normalized spacial score (nSPS) is 15.4. The molecule has 166 valence electrons. The van der Waals surface area contributed by atoms with Crippen molar-refractivity contribution in [3.8, 4) is 0 Å². The van der Waals surface area contributed by atoms with Crippen LogP contribution in [0.25, 0.3) is 0 Å². The second-order valence-corrected chi connectivity index (χ2v) is 10.2. The fourth-order valence-corrected chi connectivity index (χ4v) is 5.22. The van der Waals surface area contributed by atoms with Crippen LogP contribution in [0, 0.1) is 5.92 Å². The van der Waals surface area contributed by atoms with Gasteiger partial charge in [0.25, 0.3) is 0 Å². The first kappa shape index (κ1) is 23.5. The maximum atomic E-state index is 12.9. The van der Waals surface area contributed by atoms with Gasteiger partial charge in [0.15, 0.2) is 0 Å². The van der Waals surface area contributed by atoms with Gasteiger partial charge in [0.1, 0.15) is 6.04 Å². The van der Waals surface area contributed by atoms with Crippen molar-refractivity contribution in [1.82, 2.24) is 4.72 Å². The predicted octanol–water partition coefficient (Wildman–Crippen LogP) is 4.06. The molecule has 3 rings (SSSR count). The average molecular weight is 484 g/mol. The molecule has 1 aliphatic rings. The van der Waals surface area contributed by atoms with E-state index >= 15 is 0 Å². The number of amides is 2. The van der Waals surface area contributed by atoms with E-state index in [1.807, 2.05) is 0 Å². The lowest BCUT2D eigenvalue weighted by molar-refractivity contribution is -0.119. The SMILES string of the molecule is CC(C)[C@H](NS(=O)(=O)c1cccc(Cl)c1)C(=O)Nc1ccc(N2CCCC2=O)c(Cl)c1. The first-order chi connectivity index (χ1) is 14.6. The van der Waals surface area contributed by atoms with E-state index in [9.17, 15) is 18.0 Å². The molecule has 0 unspecified atom stereocenters. The fourth-order valence-electron chi connectivity index (χ4n) is 3.29. The zero-order valence-corrected chi connectivity index (χ0v) is 19.4. The van der Waals surface area contributed by atoms with Crippen LogP contribution in [-0.4, -0.2) is 32.8 Å². The molecule has 1 fully saturated rings. The van der Waals surface area contributed by atoms with Crippen LogP contribution < -0.4 is 14.9 Å². The smallest absolute Gasteiger partial charge is 0.242 e. The number of halogens is 2. The molecule has 0 saturated carbocycles. The highest BCUT2D eigenvalue weighted by molar-refractivity contribution is 7.89. The third-order valence-corrected chi connectivity index (χ3v) is 6.89. The van der Waals surface area contributed by atoms with E-state index in [0.717, 1.165) is 6.42 Å². The average Bonchev–Trinajstić information content (AvgIpc) is 3.11. The molecule has 31 heavy (non-hydrogen) atoms. The molecule has 1 aliphatic heterocycles. The Bertz CT molecular complexity index is 1110. The minimum absolute atomic E-state index is 0.00831. The largest absolute Gasteiger partial charge is 0.325 e. The lowest BCUT2D eigenvalue weighted by Crippen LogP contribution is -2.47. The van der Waals surface area contributed by atoms with E-state index in [4.69, 9.17) is 23.2 Å². The number of benzene rings is 2. The van der Waals surface area contributed by atoms with Crippen LogP contribution >= 0.6 is 23.2 Å². The Kier molecular flexibility index (Phi) is 7.26. The Balaban J connectivity index is 1.76. The minimum Gasteiger partial charge on any atom is -0.325 e. The second kappa shape index (κ2) is 9.56. The molecule has 0 radical (unpaired) electrons. The quantitative estimate of drug-likeness (QED) is 0.620. The van der Waals surface area contributed by atoms with Crippen molar-refractivity contribution in [3.63, 3.8) is 0 Å². The first-order valence-corrected chi connectivity index (χ1v) is 12.0. The Morgan fingerprint density at radius 2 is 1.87 bits per heavy atom. The number of hydrogen-bond donors (Lipinski definition) is 2. The van der Waals surface area contributed by atoms with Gasteiger partial charge in [0, 0.05) is 23.7 Å². The van der Waals surface area contributed by atoms with Crippen molar-refractivity contribution in [1.29, 1.82) is 0 Å². The van der Waals surface area contributed by atoms with Crippen LogP contribution in [0.5, 0.6) is 0 Å². The number of nitrogens with one attached hydrogen (secondary N) is 2. The summed E-state index contributed by atoms with van der Waals surface area (Å²) in [4.78, 5) is 26.4. The molecule has 0 aliphatic carbocycles. The molecule has 1 atom stereocenters. The minimum atomic E-state index is -3.96. The van der Waals surface area contributed by atoms with Gasteiger partial charge in [0.05, 0.1) is 15.6 Å². The van der Waals surface area contributed by atoms with Crippen LogP contribution in [0.2, 0.25) is 10.0 Å². The van der Waals surface area contributed by atoms with Crippen LogP contribution in [0.4, 0.5) is 11.4 Å². The van der Waals surface area contributed by atoms with Gasteiger partial charge in [-0.1, -0.05) is 43.1 Å². The van der Waals surface area contributed by atoms with Gasteiger partial charge in [-0.15, -0.1) is 0 Å². The van der Waals surface area contributed by atoms with Crippen molar-refractivity contribution < 1.29 is 18.0 Å². The van der Waals surface area contributed by atoms with Crippen LogP contribution in [0.15, 0.2) is 47.4 Å². The fraction of sp³-hybridized carbons (Fsp3) is 0.333. The molecule has 2 amide bonds. The number of rotatable bonds is 7. The summed E-state index contributed by atoms with van der Waals surface area (Å²) in [6.45, 7) is 4.07. The van der Waals surface area contributed by atoms with E-state index in [2.05, 4.69) is 10.0 Å². The van der Waals surface area contributed by atoms with Crippen molar-refractivity contribution in [2.24, 2.45) is 5.92 Å². The monoisotopic (exact) mass is 483 g/mol. The molecule has 0 bridgehead atoms. The topological polar surface area (TPSA) is 95.6 Å². The molecular weight excluding hydrogens is 461 g/mol. The predicted molar refractivity (Wildman–Crippen MR) is 122 cm³/mol. The van der Waals surface area contributed by atoms with Gasteiger partial charge >= 0.3 is 0 Å². The number of hydrogen-bond acceptors (Lipinski definition) is 4. The van der Waals surface area contributed by atoms with Crippen LogP contribution in [0.1, 0.15) is 26.7 Å². The lowest BCUT2D eigenvalue weighted by atomic mass is 10.0. The second-order valence-electron chi connectivity index (χ2n) is 7.60. The van der Waals surface area contributed by atoms with Gasteiger partial charge in [-0.25, -0.2) is 8.42 Å². The molecule has 2 aromatic rings. The lowest BCUT2D eigenvalue weighted by Gasteiger charge is -2.22. The van der Waals surface area contributed by atoms with Crippen molar-refractivity contribution >= 4 is 56.4 Å². The van der Waals surface area contributed by atoms with Gasteiger partial charge in [-0.3, -0.25) is 9.59 Å². The standard InChI is InChI=1S/C21H23Cl2N3O4S/c1-13(2)20(25-31(29,30)16-6-3-5-14(22)11-16)21(28)24-15-8-9-18(17(23)12-15)26-10-4-7-19(26)27/h3,5-6,8-9,11-13,20,25H,4,7,10H2,1-2H3,(H,24,28)/t20-/m0/s1. The highest BCUT2D eigenvalue weighted by Crippen LogP contribution is 2.32. The summed E-state index contributed by atoms with van der Waals surface area (Å²) < 4.78 is 27.9. The highest BCUT2D eigenvalue weighted by atomic mass is 35.5. The molecule has 0 aromatic heterocycles. The van der Waals surface area contributed by atoms with Gasteiger partial charge < -0.3 is 10.2 Å². The Morgan fingerprint density at radius 3 is 2.45 bits per heavy atom. The number of sulfonamides is 1. The van der Waals surface area contributed by atoms with Crippen LogP contribution in [0.3, 0.4) is 0 Å². The van der Waals surface area contributed by atoms with Gasteiger partial charge in [0.2, 0.25) is 21.8 Å². The number of nitrogens with zero attached hydrogens (tertiary/aromatic N) is 1. The van der Waals surface area contributed by atoms with Crippen molar-refractivity contribution in [2.45, 2.75) is 37.6 Å². The third kappa shape index (κ3) is 5.57. The summed E-state index contributed by atoms with van der Waals surface area (Å²) >= 11 is 12.2. The number of carbonyl (C=O) groups excluding carboxylic acids is 2. The highest BCUT2D eigenvalue weighted by Gasteiger charge is 2.29. The maximum absolute atomic E-state index is 12.9. The van der Waals surface area contributed by atoms with Crippen LogP contribution in [-0.2, 0) is 19.6 Å². The summed E-state index contributed by atoms with van der Waals surface area (Å²) in [6, 6.07) is 9.63. The maximum Gasteiger partial charge on any atom is 0.242 e. The Labute approximate surface area is 191 Å².